The number of esters is 1. The first kappa shape index (κ1) is 33.4. The Morgan fingerprint density at radius 3 is 1.69 bits per heavy atom. The summed E-state index contributed by atoms with van der Waals surface area (Å²) in [5.74, 6) is -0.0540. The molecule has 35 heavy (non-hydrogen) atoms. The largest absolute Gasteiger partial charge is 0.461 e. The monoisotopic (exact) mass is 486 g/mol. The molecule has 0 amide bonds. The van der Waals surface area contributed by atoms with Gasteiger partial charge in [-0.15, -0.1) is 0 Å². The molecule has 0 radical (unpaired) electrons. The maximum Gasteiger partial charge on any atom is 0.306 e. The van der Waals surface area contributed by atoms with Crippen molar-refractivity contribution < 1.29 is 9.53 Å². The lowest BCUT2D eigenvalue weighted by molar-refractivity contribution is -0.142. The molecule has 2 heteroatoms. The first-order valence-electron chi connectivity index (χ1n) is 14.7. The SMILES string of the molecule is CCCCCCCC/C=C\CCCCCCCC(=O)OC/C=C(\C)CC/C=C(\C)CCC=C(C)C. The van der Waals surface area contributed by atoms with E-state index in [-0.39, 0.29) is 5.97 Å². The van der Waals surface area contributed by atoms with Gasteiger partial charge in [0.05, 0.1) is 0 Å². The summed E-state index contributed by atoms with van der Waals surface area (Å²) < 4.78 is 5.39. The summed E-state index contributed by atoms with van der Waals surface area (Å²) in [7, 11) is 0. The molecule has 0 N–H and O–H groups in total. The molecule has 0 aromatic rings. The Kier molecular flexibility index (Phi) is 24.4. The molecule has 0 heterocycles. The Morgan fingerprint density at radius 2 is 1.09 bits per heavy atom. The lowest BCUT2D eigenvalue weighted by Crippen LogP contribution is -2.04. The average molecular weight is 487 g/mol. The van der Waals surface area contributed by atoms with Crippen LogP contribution in [0.25, 0.3) is 0 Å². The predicted octanol–water partition coefficient (Wildman–Crippen LogP) is 11.0. The van der Waals surface area contributed by atoms with Crippen molar-refractivity contribution in [3.8, 4) is 0 Å². The number of carbonyl (C=O) groups excluding carboxylic acids is 1. The predicted molar refractivity (Wildman–Crippen MR) is 156 cm³/mol. The van der Waals surface area contributed by atoms with Crippen LogP contribution in [-0.4, -0.2) is 12.6 Å². The van der Waals surface area contributed by atoms with Gasteiger partial charge in [-0.2, -0.15) is 0 Å². The summed E-state index contributed by atoms with van der Waals surface area (Å²) in [6, 6.07) is 0. The number of carbonyl (C=O) groups is 1. The highest BCUT2D eigenvalue weighted by Crippen LogP contribution is 2.12. The van der Waals surface area contributed by atoms with E-state index in [1.165, 1.54) is 87.3 Å². The Bertz CT molecular complexity index is 617. The molecule has 0 saturated carbocycles. The molecule has 202 valence electrons. The number of rotatable bonds is 23. The van der Waals surface area contributed by atoms with Gasteiger partial charge in [0, 0.05) is 6.42 Å². The van der Waals surface area contributed by atoms with Crippen LogP contribution in [0.2, 0.25) is 0 Å². The smallest absolute Gasteiger partial charge is 0.306 e. The number of hydrogen-bond acceptors (Lipinski definition) is 2. The number of unbranched alkanes of at least 4 members (excludes halogenated alkanes) is 11. The van der Waals surface area contributed by atoms with Crippen LogP contribution in [-0.2, 0) is 9.53 Å². The van der Waals surface area contributed by atoms with E-state index in [1.807, 2.05) is 0 Å². The number of allylic oxidation sites excluding steroid dienone is 7. The molecule has 0 aromatic heterocycles. The van der Waals surface area contributed by atoms with E-state index in [0.717, 1.165) is 38.5 Å². The quantitative estimate of drug-likeness (QED) is 0.0815. The second-order valence-corrected chi connectivity index (χ2v) is 10.5. The summed E-state index contributed by atoms with van der Waals surface area (Å²) in [4.78, 5) is 11.9. The maximum atomic E-state index is 11.9. The van der Waals surface area contributed by atoms with Gasteiger partial charge in [-0.25, -0.2) is 0 Å². The number of hydrogen-bond donors (Lipinski definition) is 0. The molecule has 0 unspecified atom stereocenters. The van der Waals surface area contributed by atoms with Gasteiger partial charge in [-0.3, -0.25) is 4.79 Å². The molecule has 0 aromatic carbocycles. The maximum absolute atomic E-state index is 11.9. The van der Waals surface area contributed by atoms with E-state index < -0.39 is 0 Å². The van der Waals surface area contributed by atoms with Crippen molar-refractivity contribution in [1.29, 1.82) is 0 Å². The van der Waals surface area contributed by atoms with Gasteiger partial charge in [0.1, 0.15) is 6.61 Å². The summed E-state index contributed by atoms with van der Waals surface area (Å²) in [5.41, 5.74) is 4.15. The van der Waals surface area contributed by atoms with Crippen LogP contribution < -0.4 is 0 Å². The van der Waals surface area contributed by atoms with E-state index in [2.05, 4.69) is 65.0 Å². The van der Waals surface area contributed by atoms with Crippen LogP contribution in [0.5, 0.6) is 0 Å². The fourth-order valence-corrected chi connectivity index (χ4v) is 4.03. The standard InChI is InChI=1S/C33H58O2/c1-6-7-8-9-10-11-12-13-14-15-16-17-18-19-20-27-33(34)35-29-28-32(5)26-22-25-31(4)24-21-23-30(2)3/h13-14,23,25,28H,6-12,15-22,24,26-27,29H2,1-5H3/b14-13-,31-25+,32-28+. The third-order valence-corrected chi connectivity index (χ3v) is 6.44. The van der Waals surface area contributed by atoms with Crippen molar-refractivity contribution in [3.63, 3.8) is 0 Å². The molecule has 0 bridgehead atoms. The van der Waals surface area contributed by atoms with Gasteiger partial charge in [-0.1, -0.05) is 99.3 Å². The van der Waals surface area contributed by atoms with E-state index in [4.69, 9.17) is 4.74 Å². The highest BCUT2D eigenvalue weighted by molar-refractivity contribution is 5.69. The van der Waals surface area contributed by atoms with Crippen LogP contribution in [0, 0.1) is 0 Å². The Balaban J connectivity index is 3.58. The minimum Gasteiger partial charge on any atom is -0.461 e. The van der Waals surface area contributed by atoms with Gasteiger partial charge in [0.25, 0.3) is 0 Å². The highest BCUT2D eigenvalue weighted by atomic mass is 16.5. The second-order valence-electron chi connectivity index (χ2n) is 10.5. The molecule has 0 fully saturated rings. The van der Waals surface area contributed by atoms with Crippen molar-refractivity contribution in [1.82, 2.24) is 0 Å². The third-order valence-electron chi connectivity index (χ3n) is 6.44. The molecule has 0 atom stereocenters. The minimum atomic E-state index is -0.0540. The molecule has 2 nitrogen and oxygen atoms in total. The molecular formula is C33H58O2. The zero-order valence-corrected chi connectivity index (χ0v) is 24.1. The van der Waals surface area contributed by atoms with Crippen LogP contribution in [0.15, 0.2) is 47.1 Å². The molecule has 0 spiro atoms. The van der Waals surface area contributed by atoms with Gasteiger partial charge in [-0.05, 0) is 91.6 Å². The summed E-state index contributed by atoms with van der Waals surface area (Å²) >= 11 is 0. The van der Waals surface area contributed by atoms with Crippen LogP contribution >= 0.6 is 0 Å². The normalized spacial score (nSPS) is 12.4. The second kappa shape index (κ2) is 25.5. The lowest BCUT2D eigenvalue weighted by atomic mass is 10.1. The molecule has 0 rings (SSSR count). The van der Waals surface area contributed by atoms with E-state index in [0.29, 0.717) is 13.0 Å². The fraction of sp³-hybridized carbons (Fsp3) is 0.727. The summed E-state index contributed by atoms with van der Waals surface area (Å²) in [5, 5.41) is 0. The van der Waals surface area contributed by atoms with Crippen molar-refractivity contribution in [2.75, 3.05) is 6.61 Å². The first-order valence-corrected chi connectivity index (χ1v) is 14.7. The average Bonchev–Trinajstić information content (AvgIpc) is 2.81. The topological polar surface area (TPSA) is 26.3 Å². The highest BCUT2D eigenvalue weighted by Gasteiger charge is 2.01. The van der Waals surface area contributed by atoms with E-state index >= 15 is 0 Å². The van der Waals surface area contributed by atoms with Crippen molar-refractivity contribution in [3.05, 3.63) is 47.1 Å². The van der Waals surface area contributed by atoms with E-state index in [9.17, 15) is 4.79 Å². The first-order chi connectivity index (χ1) is 17.0. The third kappa shape index (κ3) is 26.9. The van der Waals surface area contributed by atoms with Crippen molar-refractivity contribution in [2.24, 2.45) is 0 Å². The molecule has 0 aliphatic carbocycles. The minimum absolute atomic E-state index is 0.0540. The van der Waals surface area contributed by atoms with Gasteiger partial charge < -0.3 is 4.74 Å². The molecule has 0 aliphatic rings. The summed E-state index contributed by atoms with van der Waals surface area (Å²) in [6.45, 7) is 11.3. The van der Waals surface area contributed by atoms with Gasteiger partial charge >= 0.3 is 5.97 Å². The molecule has 0 saturated heterocycles. The lowest BCUT2D eigenvalue weighted by Gasteiger charge is -2.04. The Hall–Kier alpha value is -1.57. The van der Waals surface area contributed by atoms with Gasteiger partial charge in [0.2, 0.25) is 0 Å². The number of ether oxygens (including phenoxy) is 1. The van der Waals surface area contributed by atoms with Crippen LogP contribution in [0.3, 0.4) is 0 Å². The molecule has 0 aliphatic heterocycles. The van der Waals surface area contributed by atoms with Crippen LogP contribution in [0.1, 0.15) is 150 Å². The van der Waals surface area contributed by atoms with Gasteiger partial charge in [0.15, 0.2) is 0 Å². The fourth-order valence-electron chi connectivity index (χ4n) is 4.03. The van der Waals surface area contributed by atoms with Crippen molar-refractivity contribution in [2.45, 2.75) is 150 Å². The zero-order chi connectivity index (χ0) is 26.0. The zero-order valence-electron chi connectivity index (χ0n) is 24.1. The van der Waals surface area contributed by atoms with E-state index in [1.54, 1.807) is 0 Å². The van der Waals surface area contributed by atoms with Crippen molar-refractivity contribution >= 4 is 5.97 Å². The Labute approximate surface area is 219 Å². The Morgan fingerprint density at radius 1 is 0.571 bits per heavy atom. The summed E-state index contributed by atoms with van der Waals surface area (Å²) in [6.07, 6.45) is 32.9. The van der Waals surface area contributed by atoms with Crippen LogP contribution in [0.4, 0.5) is 0 Å². The molecular weight excluding hydrogens is 428 g/mol.